The van der Waals surface area contributed by atoms with Gasteiger partial charge in [0.1, 0.15) is 5.82 Å². The van der Waals surface area contributed by atoms with Gasteiger partial charge in [-0.1, -0.05) is 12.1 Å². The zero-order valence-electron chi connectivity index (χ0n) is 19.7. The second-order valence-electron chi connectivity index (χ2n) is 9.30. The van der Waals surface area contributed by atoms with Gasteiger partial charge in [-0.05, 0) is 62.6 Å². The fourth-order valence-corrected chi connectivity index (χ4v) is 5.02. The molecule has 0 radical (unpaired) electrons. The molecule has 1 amide bonds. The number of hydrogen-bond donors (Lipinski definition) is 2. The Balaban J connectivity index is 1.39. The number of pyridine rings is 1. The number of nitrogens with two attached hydrogens (primary N) is 1. The lowest BCUT2D eigenvalue weighted by atomic mass is 9.93. The van der Waals surface area contributed by atoms with Crippen LogP contribution in [0.15, 0.2) is 36.7 Å². The van der Waals surface area contributed by atoms with Gasteiger partial charge in [0.2, 0.25) is 5.95 Å². The SMILES string of the molecule is COC1CCC(Nc2ncc3c(N)ncc(-c4ccc(C(=O)N5CCCCC5)cc4)c3n2)CC1. The first-order valence-corrected chi connectivity index (χ1v) is 12.2. The van der Waals surface area contributed by atoms with E-state index < -0.39 is 0 Å². The fraction of sp³-hybridized carbons (Fsp3) is 0.462. The number of fused-ring (bicyclic) bond motifs is 1. The summed E-state index contributed by atoms with van der Waals surface area (Å²) in [4.78, 5) is 28.5. The number of aromatic nitrogens is 3. The van der Waals surface area contributed by atoms with Gasteiger partial charge in [0.25, 0.3) is 5.91 Å². The molecule has 8 heteroatoms. The molecule has 2 fully saturated rings. The molecule has 8 nitrogen and oxygen atoms in total. The Hall–Kier alpha value is -3.26. The van der Waals surface area contributed by atoms with Crippen LogP contribution in [0.5, 0.6) is 0 Å². The van der Waals surface area contributed by atoms with Crippen molar-refractivity contribution >= 4 is 28.6 Å². The summed E-state index contributed by atoms with van der Waals surface area (Å²) in [7, 11) is 1.78. The van der Waals surface area contributed by atoms with Gasteiger partial charge in [0.15, 0.2) is 0 Å². The fourth-order valence-electron chi connectivity index (χ4n) is 5.02. The van der Waals surface area contributed by atoms with E-state index in [-0.39, 0.29) is 5.91 Å². The zero-order chi connectivity index (χ0) is 23.5. The molecule has 1 aliphatic carbocycles. The maximum Gasteiger partial charge on any atom is 0.253 e. The number of likely N-dealkylation sites (tertiary alicyclic amines) is 1. The second-order valence-corrected chi connectivity index (χ2v) is 9.30. The summed E-state index contributed by atoms with van der Waals surface area (Å²) in [5, 5.41) is 4.21. The molecule has 1 aromatic carbocycles. The van der Waals surface area contributed by atoms with Gasteiger partial charge in [0.05, 0.1) is 17.0 Å². The molecule has 5 rings (SSSR count). The number of nitrogens with zero attached hydrogens (tertiary/aromatic N) is 4. The van der Waals surface area contributed by atoms with Crippen molar-refractivity contribution in [1.29, 1.82) is 0 Å². The highest BCUT2D eigenvalue weighted by Gasteiger charge is 2.22. The van der Waals surface area contributed by atoms with E-state index in [0.29, 0.717) is 29.5 Å². The number of nitrogens with one attached hydrogen (secondary N) is 1. The molecule has 3 heterocycles. The van der Waals surface area contributed by atoms with E-state index in [1.165, 1.54) is 6.42 Å². The first-order valence-electron chi connectivity index (χ1n) is 12.2. The molecule has 0 unspecified atom stereocenters. The highest BCUT2D eigenvalue weighted by molar-refractivity contribution is 5.99. The third-order valence-electron chi connectivity index (χ3n) is 7.08. The van der Waals surface area contributed by atoms with Crippen molar-refractivity contribution in [3.05, 3.63) is 42.2 Å². The van der Waals surface area contributed by atoms with Crippen LogP contribution >= 0.6 is 0 Å². The van der Waals surface area contributed by atoms with Crippen LogP contribution in [0.25, 0.3) is 22.0 Å². The van der Waals surface area contributed by atoms with Crippen LogP contribution in [0.3, 0.4) is 0 Å². The number of benzene rings is 1. The third kappa shape index (κ3) is 4.68. The maximum absolute atomic E-state index is 12.8. The number of methoxy groups -OCH3 is 1. The Morgan fingerprint density at radius 2 is 1.76 bits per heavy atom. The predicted octanol–water partition coefficient (Wildman–Crippen LogP) is 4.27. The molecule has 1 saturated carbocycles. The largest absolute Gasteiger partial charge is 0.383 e. The predicted molar refractivity (Wildman–Crippen MR) is 134 cm³/mol. The van der Waals surface area contributed by atoms with Crippen molar-refractivity contribution in [2.24, 2.45) is 0 Å². The topological polar surface area (TPSA) is 106 Å². The minimum absolute atomic E-state index is 0.101. The zero-order valence-corrected chi connectivity index (χ0v) is 19.7. The van der Waals surface area contributed by atoms with Gasteiger partial charge in [0, 0.05) is 49.8 Å². The molecular weight excluding hydrogens is 428 g/mol. The summed E-state index contributed by atoms with van der Waals surface area (Å²) in [6.07, 6.45) is 11.3. The van der Waals surface area contributed by atoms with Crippen molar-refractivity contribution in [3.63, 3.8) is 0 Å². The van der Waals surface area contributed by atoms with Crippen LogP contribution < -0.4 is 11.1 Å². The molecule has 2 aromatic heterocycles. The van der Waals surface area contributed by atoms with Crippen molar-refractivity contribution in [2.45, 2.75) is 57.1 Å². The van der Waals surface area contributed by atoms with Crippen LogP contribution in [0.1, 0.15) is 55.3 Å². The van der Waals surface area contributed by atoms with Crippen LogP contribution in [0.4, 0.5) is 11.8 Å². The molecule has 1 saturated heterocycles. The average molecular weight is 461 g/mol. The molecule has 0 bridgehead atoms. The van der Waals surface area contributed by atoms with E-state index in [2.05, 4.69) is 15.3 Å². The minimum atomic E-state index is 0.101. The maximum atomic E-state index is 12.8. The Bertz CT molecular complexity index is 1150. The number of hydrogen-bond acceptors (Lipinski definition) is 7. The van der Waals surface area contributed by atoms with Gasteiger partial charge in [-0.15, -0.1) is 0 Å². The number of rotatable bonds is 5. The van der Waals surface area contributed by atoms with Crippen molar-refractivity contribution in [3.8, 4) is 11.1 Å². The molecule has 0 atom stereocenters. The molecule has 178 valence electrons. The number of piperidine rings is 1. The van der Waals surface area contributed by atoms with Crippen LogP contribution in [-0.4, -0.2) is 58.1 Å². The summed E-state index contributed by atoms with van der Waals surface area (Å²) in [5.41, 5.74) is 9.42. The normalized spacial score (nSPS) is 20.9. The number of anilines is 2. The molecule has 1 aliphatic heterocycles. The number of ether oxygens (including phenoxy) is 1. The van der Waals surface area contributed by atoms with E-state index in [0.717, 1.165) is 73.6 Å². The summed E-state index contributed by atoms with van der Waals surface area (Å²) in [6.45, 7) is 1.68. The lowest BCUT2D eigenvalue weighted by Gasteiger charge is -2.28. The van der Waals surface area contributed by atoms with Crippen molar-refractivity contribution in [1.82, 2.24) is 19.9 Å². The molecule has 2 aliphatic rings. The van der Waals surface area contributed by atoms with Crippen LogP contribution in [0, 0.1) is 0 Å². The first kappa shape index (κ1) is 22.5. The van der Waals surface area contributed by atoms with Gasteiger partial charge in [-0.25, -0.2) is 15.0 Å². The molecule has 34 heavy (non-hydrogen) atoms. The molecular formula is C26H32N6O2. The number of amides is 1. The van der Waals surface area contributed by atoms with E-state index >= 15 is 0 Å². The lowest BCUT2D eigenvalue weighted by Crippen LogP contribution is -2.35. The smallest absolute Gasteiger partial charge is 0.253 e. The highest BCUT2D eigenvalue weighted by Crippen LogP contribution is 2.31. The summed E-state index contributed by atoms with van der Waals surface area (Å²) in [5.74, 6) is 1.10. The molecule has 3 N–H and O–H groups in total. The molecule has 0 spiro atoms. The first-order chi connectivity index (χ1) is 16.6. The standard InChI is InChI=1S/C26H32N6O2/c1-34-20-11-9-19(10-12-20)30-26-29-16-22-23(31-26)21(15-28-24(22)27)17-5-7-18(8-6-17)25(33)32-13-3-2-4-14-32/h5-8,15-16,19-20H,2-4,9-14H2,1H3,(H2,27,28)(H,29,30,31). The van der Waals surface area contributed by atoms with Crippen molar-refractivity contribution in [2.75, 3.05) is 31.2 Å². The number of carbonyl (C=O) groups is 1. The lowest BCUT2D eigenvalue weighted by molar-refractivity contribution is 0.0681. The Morgan fingerprint density at radius 1 is 1.03 bits per heavy atom. The number of carbonyl (C=O) groups excluding carboxylic acids is 1. The molecule has 3 aromatic rings. The summed E-state index contributed by atoms with van der Waals surface area (Å²) < 4.78 is 5.48. The Kier molecular flexibility index (Phi) is 6.58. The van der Waals surface area contributed by atoms with Crippen LogP contribution in [0.2, 0.25) is 0 Å². The van der Waals surface area contributed by atoms with Gasteiger partial charge >= 0.3 is 0 Å². The van der Waals surface area contributed by atoms with Crippen molar-refractivity contribution < 1.29 is 9.53 Å². The average Bonchev–Trinajstić information content (AvgIpc) is 2.89. The monoisotopic (exact) mass is 460 g/mol. The van der Waals surface area contributed by atoms with E-state index in [4.69, 9.17) is 15.5 Å². The van der Waals surface area contributed by atoms with Gasteiger partial charge in [-0.2, -0.15) is 0 Å². The summed E-state index contributed by atoms with van der Waals surface area (Å²) in [6, 6.07) is 8.04. The highest BCUT2D eigenvalue weighted by atomic mass is 16.5. The number of nitrogen functional groups attached to an aromatic ring is 1. The quantitative estimate of drug-likeness (QED) is 0.586. The van der Waals surface area contributed by atoms with Crippen LogP contribution in [-0.2, 0) is 4.74 Å². The van der Waals surface area contributed by atoms with E-state index in [1.807, 2.05) is 29.2 Å². The Labute approximate surface area is 199 Å². The Morgan fingerprint density at radius 3 is 2.47 bits per heavy atom. The van der Waals surface area contributed by atoms with Gasteiger partial charge in [-0.3, -0.25) is 4.79 Å². The summed E-state index contributed by atoms with van der Waals surface area (Å²) >= 11 is 0. The van der Waals surface area contributed by atoms with Gasteiger partial charge < -0.3 is 20.7 Å². The second kappa shape index (κ2) is 9.93. The van der Waals surface area contributed by atoms with E-state index in [9.17, 15) is 4.79 Å². The third-order valence-corrected chi connectivity index (χ3v) is 7.08. The van der Waals surface area contributed by atoms with E-state index in [1.54, 1.807) is 19.5 Å². The minimum Gasteiger partial charge on any atom is -0.383 e.